The number of primary amides is 1. The molecule has 6 rings (SSSR count). The Labute approximate surface area is 276 Å². The number of nitrogens with two attached hydrogens (primary N) is 2. The number of fused-ring (bicyclic) bond motifs is 4. The number of hydrogen-bond acceptors (Lipinski definition) is 11. The molecule has 3 heterocycles. The summed E-state index contributed by atoms with van der Waals surface area (Å²) in [5.41, 5.74) is 16.1. The molecule has 7 N–H and O–H groups in total. The van der Waals surface area contributed by atoms with Crippen LogP contribution in [0.4, 0.5) is 10.6 Å². The average molecular weight is 659 g/mol. The fourth-order valence-electron chi connectivity index (χ4n) is 6.50. The minimum Gasteiger partial charge on any atom is -0.461 e. The van der Waals surface area contributed by atoms with Crippen LogP contribution in [0.2, 0.25) is 0 Å². The summed E-state index contributed by atoms with van der Waals surface area (Å²) >= 11 is 0. The Balaban J connectivity index is 1.11. The second-order valence-electron chi connectivity index (χ2n) is 12.5. The lowest BCUT2D eigenvalue weighted by atomic mass is 9.98. The van der Waals surface area contributed by atoms with E-state index in [4.69, 9.17) is 25.7 Å². The number of benzene rings is 2. The number of anilines is 1. The molecule has 5 atom stereocenters. The Morgan fingerprint density at radius 1 is 0.979 bits per heavy atom. The molecule has 2 aliphatic rings. The van der Waals surface area contributed by atoms with E-state index in [9.17, 15) is 24.6 Å². The molecule has 14 nitrogen and oxygen atoms in total. The summed E-state index contributed by atoms with van der Waals surface area (Å²) in [6.07, 6.45) is -4.54. The Bertz CT molecular complexity index is 1830. The number of aromatic nitrogens is 3. The van der Waals surface area contributed by atoms with Gasteiger partial charge in [0.2, 0.25) is 0 Å². The molecule has 0 bridgehead atoms. The van der Waals surface area contributed by atoms with Gasteiger partial charge in [0.25, 0.3) is 5.91 Å². The predicted molar refractivity (Wildman–Crippen MR) is 174 cm³/mol. The number of aliphatic hydroxyl groups is 2. The Morgan fingerprint density at radius 3 is 2.25 bits per heavy atom. The van der Waals surface area contributed by atoms with E-state index in [0.717, 1.165) is 22.3 Å². The lowest BCUT2D eigenvalue weighted by Crippen LogP contribution is -2.44. The maximum atomic E-state index is 13.2. The molecule has 0 unspecified atom stereocenters. The molecule has 1 aliphatic heterocycles. The van der Waals surface area contributed by atoms with E-state index >= 15 is 0 Å². The van der Waals surface area contributed by atoms with E-state index in [0.29, 0.717) is 5.82 Å². The summed E-state index contributed by atoms with van der Waals surface area (Å²) in [4.78, 5) is 46.8. The smallest absolute Gasteiger partial charge is 0.407 e. The first kappa shape index (κ1) is 32.9. The van der Waals surface area contributed by atoms with Crippen molar-refractivity contribution in [3.8, 4) is 11.1 Å². The molecular formula is C34H38N6O8. The lowest BCUT2D eigenvalue weighted by molar-refractivity contribution is -0.152. The molecule has 14 heteroatoms. The summed E-state index contributed by atoms with van der Waals surface area (Å²) in [6.45, 7) is 5.03. The quantitative estimate of drug-likeness (QED) is 0.156. The third kappa shape index (κ3) is 6.17. The van der Waals surface area contributed by atoms with Gasteiger partial charge in [-0.25, -0.2) is 19.6 Å². The Hall–Kier alpha value is -5.05. The molecule has 48 heavy (non-hydrogen) atoms. The second-order valence-corrected chi connectivity index (χ2v) is 12.5. The first-order valence-electron chi connectivity index (χ1n) is 15.7. The number of carbonyl (C=O) groups excluding carboxylic acids is 3. The molecule has 252 valence electrons. The van der Waals surface area contributed by atoms with Crippen molar-refractivity contribution >= 4 is 34.8 Å². The van der Waals surface area contributed by atoms with Crippen LogP contribution in [-0.4, -0.2) is 80.3 Å². The van der Waals surface area contributed by atoms with Crippen molar-refractivity contribution in [2.75, 3.05) is 18.9 Å². The largest absolute Gasteiger partial charge is 0.461 e. The Kier molecular flexibility index (Phi) is 9.05. The number of amides is 2. The molecule has 4 aromatic rings. The van der Waals surface area contributed by atoms with E-state index in [1.807, 2.05) is 62.4 Å². The highest BCUT2D eigenvalue weighted by Crippen LogP contribution is 2.44. The number of alkyl carbamates (subject to hydrolysis) is 1. The van der Waals surface area contributed by atoms with Crippen LogP contribution in [-0.2, 0) is 19.0 Å². The molecule has 1 aliphatic carbocycles. The van der Waals surface area contributed by atoms with Gasteiger partial charge in [0.1, 0.15) is 54.9 Å². The minimum atomic E-state index is -1.49. The van der Waals surface area contributed by atoms with Gasteiger partial charge in [-0.1, -0.05) is 62.4 Å². The zero-order valence-electron chi connectivity index (χ0n) is 26.7. The molecule has 0 spiro atoms. The molecule has 0 saturated carbocycles. The van der Waals surface area contributed by atoms with Crippen molar-refractivity contribution in [2.24, 2.45) is 11.7 Å². The van der Waals surface area contributed by atoms with E-state index in [2.05, 4.69) is 15.3 Å². The summed E-state index contributed by atoms with van der Waals surface area (Å²) < 4.78 is 18.4. The molecule has 1 saturated heterocycles. The summed E-state index contributed by atoms with van der Waals surface area (Å²) in [7, 11) is 0. The summed E-state index contributed by atoms with van der Waals surface area (Å²) in [6, 6.07) is 14.9. The normalized spacial score (nSPS) is 20.8. The fourth-order valence-corrected chi connectivity index (χ4v) is 6.50. The number of aliphatic hydroxyl groups excluding tert-OH is 2. The zero-order chi connectivity index (χ0) is 34.3. The molecule has 2 aromatic heterocycles. The number of esters is 1. The topological polar surface area (TPSA) is 214 Å². The van der Waals surface area contributed by atoms with Crippen molar-refractivity contribution in [3.63, 3.8) is 0 Å². The highest BCUT2D eigenvalue weighted by molar-refractivity contribution is 6.09. The summed E-state index contributed by atoms with van der Waals surface area (Å²) in [5, 5.41) is 24.6. The van der Waals surface area contributed by atoms with Crippen LogP contribution < -0.4 is 16.8 Å². The van der Waals surface area contributed by atoms with E-state index in [1.165, 1.54) is 10.8 Å². The average Bonchev–Trinajstić information content (AvgIpc) is 3.68. The summed E-state index contributed by atoms with van der Waals surface area (Å²) in [5.74, 6) is -1.38. The number of nitrogen functional groups attached to an aromatic ring is 1. The van der Waals surface area contributed by atoms with Crippen molar-refractivity contribution in [1.82, 2.24) is 19.9 Å². The standard InChI is InChI=1S/C34H38N6O8/c1-16(2)12-24(39-34(45)47-14-23-20-10-6-4-8-18(20)19-9-5-7-11-21(19)23)33(44)46-15-25-27(41)28(42)32(48-25)40-13-22(30(36)43)26-29(35)37-17(3)38-31(26)40/h4-11,13,16,23-25,27-28,32,41-42H,12,14-15H2,1-3H3,(H2,36,43)(H,39,45)(H2,35,37,38)/t24-,25+,27+,28+,32+/m0/s1. The number of hydrogen-bond donors (Lipinski definition) is 5. The van der Waals surface area contributed by atoms with Crippen molar-refractivity contribution < 1.29 is 38.8 Å². The van der Waals surface area contributed by atoms with Gasteiger partial charge in [-0.2, -0.15) is 0 Å². The zero-order valence-corrected chi connectivity index (χ0v) is 26.7. The number of nitrogens with zero attached hydrogens (tertiary/aromatic N) is 3. The molecule has 2 amide bonds. The maximum absolute atomic E-state index is 13.2. The van der Waals surface area contributed by atoms with Crippen LogP contribution in [0.3, 0.4) is 0 Å². The lowest BCUT2D eigenvalue weighted by Gasteiger charge is -2.22. The fraction of sp³-hybridized carbons (Fsp3) is 0.382. The first-order chi connectivity index (χ1) is 22.9. The van der Waals surface area contributed by atoms with Gasteiger partial charge in [-0.05, 0) is 41.5 Å². The SMILES string of the molecule is Cc1nc(N)c2c(C(N)=O)cn([C@@H]3O[C@H](COC(=O)[C@H](CC(C)C)NC(=O)OCC4c5ccccc5-c5ccccc54)[C@@H](O)[C@H]3O)c2n1. The van der Waals surface area contributed by atoms with E-state index in [1.54, 1.807) is 6.92 Å². The van der Waals surface area contributed by atoms with Crippen LogP contribution in [0.5, 0.6) is 0 Å². The van der Waals surface area contributed by atoms with Crippen LogP contribution in [0.15, 0.2) is 54.7 Å². The van der Waals surface area contributed by atoms with Crippen LogP contribution in [0.1, 0.15) is 59.7 Å². The molecular weight excluding hydrogens is 620 g/mol. The number of nitrogens with one attached hydrogen (secondary N) is 1. The van der Waals surface area contributed by atoms with Gasteiger partial charge in [0.05, 0.1) is 10.9 Å². The third-order valence-corrected chi connectivity index (χ3v) is 8.71. The second kappa shape index (κ2) is 13.2. The van der Waals surface area contributed by atoms with Gasteiger partial charge in [-0.3, -0.25) is 4.79 Å². The monoisotopic (exact) mass is 658 g/mol. The van der Waals surface area contributed by atoms with Crippen LogP contribution in [0, 0.1) is 12.8 Å². The van der Waals surface area contributed by atoms with Crippen molar-refractivity contribution in [2.45, 2.75) is 63.7 Å². The number of carbonyl (C=O) groups is 3. The van der Waals surface area contributed by atoms with Gasteiger partial charge in [-0.15, -0.1) is 0 Å². The Morgan fingerprint density at radius 2 is 1.62 bits per heavy atom. The van der Waals surface area contributed by atoms with Crippen LogP contribution >= 0.6 is 0 Å². The number of rotatable bonds is 10. The van der Waals surface area contributed by atoms with E-state index < -0.39 is 55.2 Å². The van der Waals surface area contributed by atoms with Gasteiger partial charge in [0.15, 0.2) is 6.23 Å². The van der Waals surface area contributed by atoms with Gasteiger partial charge >= 0.3 is 12.1 Å². The number of aryl methyl sites for hydroxylation is 1. The van der Waals surface area contributed by atoms with Crippen molar-refractivity contribution in [3.05, 3.63) is 77.2 Å². The van der Waals surface area contributed by atoms with E-state index in [-0.39, 0.29) is 47.3 Å². The van der Waals surface area contributed by atoms with Crippen molar-refractivity contribution in [1.29, 1.82) is 0 Å². The highest BCUT2D eigenvalue weighted by atomic mass is 16.6. The first-order valence-corrected chi connectivity index (χ1v) is 15.7. The van der Waals surface area contributed by atoms with Gasteiger partial charge < -0.3 is 45.8 Å². The molecule has 0 radical (unpaired) electrons. The van der Waals surface area contributed by atoms with Gasteiger partial charge in [0, 0.05) is 12.1 Å². The maximum Gasteiger partial charge on any atom is 0.407 e. The highest BCUT2D eigenvalue weighted by Gasteiger charge is 2.45. The minimum absolute atomic E-state index is 0.00955. The van der Waals surface area contributed by atoms with Crippen LogP contribution in [0.25, 0.3) is 22.2 Å². The predicted octanol–water partition coefficient (Wildman–Crippen LogP) is 2.54. The third-order valence-electron chi connectivity index (χ3n) is 8.71. The molecule has 2 aromatic carbocycles. The number of ether oxygens (including phenoxy) is 3. The molecule has 1 fully saturated rings.